The Balaban J connectivity index is 1.13. The number of morpholine rings is 1. The first kappa shape index (κ1) is 43.2. The molecule has 7 atom stereocenters. The third kappa shape index (κ3) is 8.78. The van der Waals surface area contributed by atoms with Crippen molar-refractivity contribution in [3.05, 3.63) is 60.7 Å². The first-order chi connectivity index (χ1) is 29.6. The molecule has 0 radical (unpaired) electrons. The number of carbonyl (C=O) groups is 4. The number of allylic oxidation sites excluding steroid dienone is 1. The highest BCUT2D eigenvalue weighted by Crippen LogP contribution is 2.48. The standard InChI is InChI=1S/C45H56N6O10S/c1-27-7-5-6-8-31-25-45(31,42(54)49-62(57,58)44(3)15-16-44)48-39(52)37-24-34(26-51(37)41(53)38(28(2)21-27)47-43(55)56)61-40-35-14-13-33(59-4)22-30(35)23-36(46-40)29-9-11-32(12-10-29)50-17-19-60-20-18-50/h6,8-14,22-23,27-28,31,34,37-38,47H,5,7,15-21,24-26H2,1-4H3,(H,48,52)(H,49,54)(H,55,56)/t27-,28-,31-,34-,37+,38+,45-/m1/s1. The number of fused-ring (bicyclic) bond motifs is 3. The van der Waals surface area contributed by atoms with Crippen molar-refractivity contribution in [2.75, 3.05) is 44.9 Å². The minimum Gasteiger partial charge on any atom is -0.497 e. The van der Waals surface area contributed by atoms with Gasteiger partial charge in [-0.25, -0.2) is 18.2 Å². The summed E-state index contributed by atoms with van der Waals surface area (Å²) in [6, 6.07) is 13.2. The molecule has 5 aliphatic rings. The van der Waals surface area contributed by atoms with Crippen LogP contribution in [0.25, 0.3) is 22.0 Å². The summed E-state index contributed by atoms with van der Waals surface area (Å²) in [6.07, 6.45) is 4.51. The Labute approximate surface area is 361 Å². The maximum atomic E-state index is 14.7. The molecule has 1 aromatic heterocycles. The fourth-order valence-corrected chi connectivity index (χ4v) is 10.4. The van der Waals surface area contributed by atoms with E-state index in [1.54, 1.807) is 20.1 Å². The minimum absolute atomic E-state index is 0.0193. The van der Waals surface area contributed by atoms with Gasteiger partial charge in [0.2, 0.25) is 27.7 Å². The number of carboxylic acid groups (broad SMARTS) is 1. The molecule has 2 saturated carbocycles. The van der Waals surface area contributed by atoms with E-state index in [2.05, 4.69) is 20.3 Å². The lowest BCUT2D eigenvalue weighted by molar-refractivity contribution is -0.142. The van der Waals surface area contributed by atoms with Gasteiger partial charge in [-0.2, -0.15) is 0 Å². The number of anilines is 1. The average molecular weight is 873 g/mol. The number of ether oxygens (including phenoxy) is 3. The smallest absolute Gasteiger partial charge is 0.405 e. The van der Waals surface area contributed by atoms with Gasteiger partial charge >= 0.3 is 6.09 Å². The van der Waals surface area contributed by atoms with Gasteiger partial charge in [0.25, 0.3) is 5.91 Å². The fraction of sp³-hybridized carbons (Fsp3) is 0.533. The van der Waals surface area contributed by atoms with E-state index >= 15 is 0 Å². The van der Waals surface area contributed by atoms with E-state index in [4.69, 9.17) is 19.2 Å². The van der Waals surface area contributed by atoms with Crippen LogP contribution in [0.4, 0.5) is 10.5 Å². The molecule has 4 N–H and O–H groups in total. The van der Waals surface area contributed by atoms with Gasteiger partial charge in [-0.3, -0.25) is 19.1 Å². The number of nitrogens with zero attached hydrogens (tertiary/aromatic N) is 3. The number of hydrogen-bond donors (Lipinski definition) is 4. The normalized spacial score (nSPS) is 28.7. The number of aromatic nitrogens is 1. The first-order valence-electron chi connectivity index (χ1n) is 21.5. The van der Waals surface area contributed by atoms with E-state index in [0.717, 1.165) is 36.1 Å². The highest BCUT2D eigenvalue weighted by Gasteiger charge is 2.63. The molecule has 2 aliphatic carbocycles. The van der Waals surface area contributed by atoms with Crippen molar-refractivity contribution >= 4 is 50.3 Å². The summed E-state index contributed by atoms with van der Waals surface area (Å²) in [4.78, 5) is 64.1. The second-order valence-corrected chi connectivity index (χ2v) is 20.1. The summed E-state index contributed by atoms with van der Waals surface area (Å²) in [5.74, 6) is -2.01. The van der Waals surface area contributed by atoms with E-state index in [9.17, 15) is 32.7 Å². The lowest BCUT2D eigenvalue weighted by Gasteiger charge is -2.32. The van der Waals surface area contributed by atoms with Crippen LogP contribution in [0, 0.1) is 17.8 Å². The van der Waals surface area contributed by atoms with Crippen LogP contribution >= 0.6 is 0 Å². The quantitative estimate of drug-likeness (QED) is 0.218. The molecule has 16 nitrogen and oxygen atoms in total. The molecule has 2 aromatic carbocycles. The van der Waals surface area contributed by atoms with Crippen molar-refractivity contribution in [3.8, 4) is 22.9 Å². The van der Waals surface area contributed by atoms with Crippen molar-refractivity contribution in [1.82, 2.24) is 25.2 Å². The Hall–Kier alpha value is -5.42. The molecule has 0 bridgehead atoms. The Morgan fingerprint density at radius 3 is 2.47 bits per heavy atom. The molecule has 0 unspecified atom stereocenters. The number of hydrogen-bond acceptors (Lipinski definition) is 11. The van der Waals surface area contributed by atoms with Crippen LogP contribution in [0.15, 0.2) is 60.7 Å². The number of pyridine rings is 1. The molecular formula is C45H56N6O10S. The van der Waals surface area contributed by atoms with Crippen molar-refractivity contribution in [2.45, 2.75) is 94.2 Å². The molecule has 4 heterocycles. The van der Waals surface area contributed by atoms with Gasteiger partial charge < -0.3 is 39.8 Å². The molecule has 332 valence electrons. The molecular weight excluding hydrogens is 817 g/mol. The van der Waals surface area contributed by atoms with E-state index < -0.39 is 74.1 Å². The van der Waals surface area contributed by atoms with Crippen LogP contribution in [-0.2, 0) is 29.1 Å². The topological polar surface area (TPSA) is 206 Å². The van der Waals surface area contributed by atoms with Gasteiger partial charge in [-0.15, -0.1) is 0 Å². The highest BCUT2D eigenvalue weighted by atomic mass is 32.2. The zero-order valence-electron chi connectivity index (χ0n) is 35.6. The summed E-state index contributed by atoms with van der Waals surface area (Å²) in [6.45, 7) is 8.26. The SMILES string of the molecule is COc1ccc2c(O[C@@H]3C[C@H]4C(=O)N[C@]5(C(=O)NS(=O)(=O)C6(C)CC6)C[C@H]5C=CCC[C@@H](C)C[C@@H](C)[C@H](NC(=O)O)C(=O)N4C3)nc(-c3ccc(N4CCOCC4)cc3)cc2c1. The number of sulfonamides is 1. The van der Waals surface area contributed by atoms with Crippen LogP contribution in [0.2, 0.25) is 0 Å². The van der Waals surface area contributed by atoms with E-state index in [1.807, 2.05) is 68.5 Å². The van der Waals surface area contributed by atoms with Crippen LogP contribution in [0.1, 0.15) is 65.7 Å². The summed E-state index contributed by atoms with van der Waals surface area (Å²) in [5.41, 5.74) is 0.963. The fourth-order valence-electron chi connectivity index (χ4n) is 9.12. The first-order valence-corrected chi connectivity index (χ1v) is 23.0. The lowest BCUT2D eigenvalue weighted by atomic mass is 9.88. The van der Waals surface area contributed by atoms with E-state index in [-0.39, 0.29) is 31.2 Å². The number of benzene rings is 2. The summed E-state index contributed by atoms with van der Waals surface area (Å²) >= 11 is 0. The molecule has 3 aromatic rings. The van der Waals surface area contributed by atoms with Crippen LogP contribution in [0.5, 0.6) is 11.6 Å². The molecule has 4 amide bonds. The maximum Gasteiger partial charge on any atom is 0.405 e. The zero-order valence-corrected chi connectivity index (χ0v) is 36.4. The number of carbonyl (C=O) groups excluding carboxylic acids is 3. The van der Waals surface area contributed by atoms with Gasteiger partial charge in [0, 0.05) is 42.1 Å². The van der Waals surface area contributed by atoms with Gasteiger partial charge in [0.1, 0.15) is 29.5 Å². The van der Waals surface area contributed by atoms with Crippen LogP contribution in [0.3, 0.4) is 0 Å². The molecule has 3 aliphatic heterocycles. The molecule has 4 fully saturated rings. The van der Waals surface area contributed by atoms with Gasteiger partial charge in [-0.1, -0.05) is 38.1 Å². The van der Waals surface area contributed by atoms with Crippen molar-refractivity contribution in [2.24, 2.45) is 17.8 Å². The van der Waals surface area contributed by atoms with E-state index in [0.29, 0.717) is 55.7 Å². The third-order valence-electron chi connectivity index (χ3n) is 13.3. The zero-order chi connectivity index (χ0) is 44.0. The number of amides is 4. The second kappa shape index (κ2) is 17.0. The molecule has 0 spiro atoms. The lowest BCUT2D eigenvalue weighted by Crippen LogP contribution is -2.59. The maximum absolute atomic E-state index is 14.7. The van der Waals surface area contributed by atoms with Gasteiger partial charge in [0.15, 0.2) is 0 Å². The average Bonchev–Trinajstić information content (AvgIpc) is 4.14. The largest absolute Gasteiger partial charge is 0.497 e. The monoisotopic (exact) mass is 872 g/mol. The van der Waals surface area contributed by atoms with Crippen molar-refractivity contribution in [1.29, 1.82) is 0 Å². The van der Waals surface area contributed by atoms with E-state index in [1.165, 1.54) is 4.90 Å². The number of methoxy groups -OCH3 is 1. The molecule has 8 rings (SSSR count). The van der Waals surface area contributed by atoms with Crippen molar-refractivity contribution in [3.63, 3.8) is 0 Å². The van der Waals surface area contributed by atoms with Gasteiger partial charge in [-0.05, 0) is 99.1 Å². The molecule has 62 heavy (non-hydrogen) atoms. The van der Waals surface area contributed by atoms with Crippen molar-refractivity contribution < 1.29 is 46.9 Å². The Bertz CT molecular complexity index is 2370. The molecule has 2 saturated heterocycles. The van der Waals surface area contributed by atoms with Crippen LogP contribution in [-0.4, -0.2) is 116 Å². The molecule has 17 heteroatoms. The predicted octanol–water partition coefficient (Wildman–Crippen LogP) is 4.62. The third-order valence-corrected chi connectivity index (χ3v) is 15.5. The van der Waals surface area contributed by atoms with Crippen LogP contribution < -0.4 is 29.7 Å². The Morgan fingerprint density at radius 2 is 1.77 bits per heavy atom. The predicted molar refractivity (Wildman–Crippen MR) is 231 cm³/mol. The van der Waals surface area contributed by atoms with Gasteiger partial charge in [0.05, 0.1) is 37.3 Å². The Morgan fingerprint density at radius 1 is 1.03 bits per heavy atom. The summed E-state index contributed by atoms with van der Waals surface area (Å²) < 4.78 is 45.5. The minimum atomic E-state index is -4.03. The Kier molecular flexibility index (Phi) is 11.9. The second-order valence-electron chi connectivity index (χ2n) is 17.9. The highest BCUT2D eigenvalue weighted by molar-refractivity contribution is 7.91. The summed E-state index contributed by atoms with van der Waals surface area (Å²) in [5, 5.41) is 16.7. The number of rotatable bonds is 9. The summed E-state index contributed by atoms with van der Waals surface area (Å²) in [7, 11) is -2.45. The number of nitrogens with one attached hydrogen (secondary N) is 3.